The number of hydrogen-bond acceptors (Lipinski definition) is 5. The van der Waals surface area contributed by atoms with E-state index in [4.69, 9.17) is 31.5 Å². The molecule has 0 unspecified atom stereocenters. The monoisotopic (exact) mass is 323 g/mol. The average Bonchev–Trinajstić information content (AvgIpc) is 2.50. The summed E-state index contributed by atoms with van der Waals surface area (Å²) in [5.74, 6) is 0.875. The molecule has 1 aromatic heterocycles. The average molecular weight is 323 g/mol. The van der Waals surface area contributed by atoms with Gasteiger partial charge in [-0.25, -0.2) is 10.4 Å². The molecule has 0 amide bonds. The predicted octanol–water partition coefficient (Wildman–Crippen LogP) is 0.472. The van der Waals surface area contributed by atoms with Crippen LogP contribution < -0.4 is 21.5 Å². The van der Waals surface area contributed by atoms with Gasteiger partial charge in [0.05, 0.1) is 24.9 Å². The van der Waals surface area contributed by atoms with Crippen molar-refractivity contribution in [3.8, 4) is 5.75 Å². The molecule has 0 atom stereocenters. The zero-order valence-electron chi connectivity index (χ0n) is 12.5. The molecule has 23 heavy (non-hydrogen) atoms. The number of nitrogens with two attached hydrogens (primary N) is 2. The molecule has 124 valence electrons. The van der Waals surface area contributed by atoms with Crippen molar-refractivity contribution in [2.45, 2.75) is 0 Å². The molecule has 0 aliphatic carbocycles. The zero-order valence-corrected chi connectivity index (χ0v) is 12.5. The Balaban J connectivity index is 0.000000593. The van der Waals surface area contributed by atoms with Crippen molar-refractivity contribution in [3.63, 3.8) is 0 Å². The maximum Gasteiger partial charge on any atom is 0.472 e. The number of anilines is 1. The van der Waals surface area contributed by atoms with Crippen molar-refractivity contribution >= 4 is 22.5 Å². The van der Waals surface area contributed by atoms with E-state index in [-0.39, 0.29) is 5.96 Å². The normalized spacial score (nSPS) is 9.43. The molecule has 2 rings (SSSR count). The maximum absolute atomic E-state index is 8.47. The number of pyridine rings is 1. The summed E-state index contributed by atoms with van der Waals surface area (Å²) in [6, 6.07) is 7.74. The fourth-order valence-electron chi connectivity index (χ4n) is 1.79. The Bertz CT molecular complexity index is 683. The number of methoxy groups -OCH3 is 1. The number of aliphatic imine (C=N–C) groups is 1. The second kappa shape index (κ2) is 8.87. The summed E-state index contributed by atoms with van der Waals surface area (Å²) in [5, 5.41) is 16.8. The van der Waals surface area contributed by atoms with Gasteiger partial charge in [0.1, 0.15) is 10.7 Å². The van der Waals surface area contributed by atoms with E-state index in [9.17, 15) is 0 Å². The fourth-order valence-corrected chi connectivity index (χ4v) is 1.79. The quantitative estimate of drug-likeness (QED) is 0.230. The van der Waals surface area contributed by atoms with E-state index in [1.807, 2.05) is 24.3 Å². The molecular weight excluding hydrogens is 304 g/mol. The van der Waals surface area contributed by atoms with E-state index in [2.05, 4.69) is 15.3 Å². The summed E-state index contributed by atoms with van der Waals surface area (Å²) < 4.78 is 5.27. The number of fused-ring (bicyclic) bond motifs is 1. The number of guanidine groups is 1. The zero-order chi connectivity index (χ0) is 17.2. The highest BCUT2D eigenvalue weighted by Gasteiger charge is 2.04. The SMILES string of the molecule is COc1cc(NCCN=C(N)N)c2ncccc2c1.O=[N+](O)O. The Labute approximate surface area is 131 Å². The molecule has 0 aliphatic rings. The van der Waals surface area contributed by atoms with Gasteiger partial charge in [-0.05, 0) is 12.1 Å². The van der Waals surface area contributed by atoms with Crippen LogP contribution in [0.5, 0.6) is 5.75 Å². The van der Waals surface area contributed by atoms with Gasteiger partial charge in [-0.2, -0.15) is 0 Å². The minimum Gasteiger partial charge on any atom is -0.497 e. The van der Waals surface area contributed by atoms with E-state index < -0.39 is 5.09 Å². The standard InChI is InChI=1S/C13H17N5O.H2NO3/c1-19-10-7-9-3-2-4-17-12(9)11(8-10)16-5-6-18-13(14)15;2-1(3)4/h2-4,7-8,16H,5-6H2,1H3,(H4,14,15,18);(H2,2,3,4)/q;+1. The van der Waals surface area contributed by atoms with Crippen LogP contribution in [-0.2, 0) is 0 Å². The van der Waals surface area contributed by atoms with Gasteiger partial charge in [0.2, 0.25) is 0 Å². The molecule has 0 aliphatic heterocycles. The Hall–Kier alpha value is -3.30. The molecule has 1 aromatic carbocycles. The van der Waals surface area contributed by atoms with Gasteiger partial charge in [-0.1, -0.05) is 6.07 Å². The number of nitrogens with zero attached hydrogens (tertiary/aromatic N) is 3. The van der Waals surface area contributed by atoms with Crippen LogP contribution >= 0.6 is 0 Å². The molecule has 0 saturated carbocycles. The second-order valence-corrected chi connectivity index (χ2v) is 4.24. The molecule has 0 saturated heterocycles. The summed E-state index contributed by atoms with van der Waals surface area (Å²) in [4.78, 5) is 16.8. The molecule has 7 N–H and O–H groups in total. The van der Waals surface area contributed by atoms with Gasteiger partial charge in [0.15, 0.2) is 5.96 Å². The van der Waals surface area contributed by atoms with E-state index in [1.165, 1.54) is 0 Å². The third-order valence-corrected chi connectivity index (χ3v) is 2.64. The third-order valence-electron chi connectivity index (χ3n) is 2.64. The molecule has 0 fully saturated rings. The number of hydrogen-bond donors (Lipinski definition) is 5. The van der Waals surface area contributed by atoms with Crippen LogP contribution in [0.4, 0.5) is 5.69 Å². The van der Waals surface area contributed by atoms with Crippen LogP contribution in [-0.4, -0.2) is 46.6 Å². The highest BCUT2D eigenvalue weighted by molar-refractivity contribution is 5.91. The first-order chi connectivity index (χ1) is 10.9. The summed E-state index contributed by atoms with van der Waals surface area (Å²) in [6.07, 6.45) is 1.76. The van der Waals surface area contributed by atoms with Gasteiger partial charge in [0, 0.05) is 24.2 Å². The molecular formula is C13H19N6O4+. The van der Waals surface area contributed by atoms with Crippen LogP contribution in [0.2, 0.25) is 0 Å². The van der Waals surface area contributed by atoms with E-state index in [0.717, 1.165) is 22.3 Å². The number of rotatable bonds is 5. The van der Waals surface area contributed by atoms with Crippen LogP contribution in [0.15, 0.2) is 35.5 Å². The number of nitrogens with one attached hydrogen (secondary N) is 1. The number of aromatic nitrogens is 1. The van der Waals surface area contributed by atoms with Gasteiger partial charge >= 0.3 is 5.09 Å². The molecule has 10 nitrogen and oxygen atoms in total. The third kappa shape index (κ3) is 6.33. The lowest BCUT2D eigenvalue weighted by Crippen LogP contribution is -2.24. The smallest absolute Gasteiger partial charge is 0.472 e. The van der Waals surface area contributed by atoms with E-state index in [0.29, 0.717) is 13.1 Å². The molecule has 0 spiro atoms. The van der Waals surface area contributed by atoms with Crippen molar-refractivity contribution in [3.05, 3.63) is 35.4 Å². The van der Waals surface area contributed by atoms with Crippen LogP contribution in [0.25, 0.3) is 10.9 Å². The number of benzene rings is 1. The van der Waals surface area contributed by atoms with Crippen LogP contribution in [0.1, 0.15) is 0 Å². The first kappa shape index (κ1) is 17.8. The predicted molar refractivity (Wildman–Crippen MR) is 84.7 cm³/mol. The lowest BCUT2D eigenvalue weighted by molar-refractivity contribution is -0.969. The van der Waals surface area contributed by atoms with Crippen molar-refractivity contribution in [2.75, 3.05) is 25.5 Å². The highest BCUT2D eigenvalue weighted by Crippen LogP contribution is 2.27. The summed E-state index contributed by atoms with van der Waals surface area (Å²) in [7, 11) is 1.64. The van der Waals surface area contributed by atoms with E-state index in [1.54, 1.807) is 13.3 Å². The second-order valence-electron chi connectivity index (χ2n) is 4.24. The Kier molecular flexibility index (Phi) is 6.85. The molecule has 0 radical (unpaired) electrons. The minimum absolute atomic E-state index is 0.0930. The first-order valence-corrected chi connectivity index (χ1v) is 6.51. The first-order valence-electron chi connectivity index (χ1n) is 6.51. The highest BCUT2D eigenvalue weighted by atomic mass is 16.9. The Morgan fingerprint density at radius 1 is 1.43 bits per heavy atom. The van der Waals surface area contributed by atoms with Crippen molar-refractivity contribution in [1.82, 2.24) is 4.98 Å². The van der Waals surface area contributed by atoms with Crippen molar-refractivity contribution in [1.29, 1.82) is 0 Å². The molecule has 2 aromatic rings. The Morgan fingerprint density at radius 2 is 2.13 bits per heavy atom. The summed E-state index contributed by atoms with van der Waals surface area (Å²) in [6.45, 7) is 1.13. The fraction of sp³-hybridized carbons (Fsp3) is 0.231. The van der Waals surface area contributed by atoms with Gasteiger partial charge < -0.3 is 21.5 Å². The van der Waals surface area contributed by atoms with Gasteiger partial charge in [-0.15, -0.1) is 0 Å². The van der Waals surface area contributed by atoms with Crippen molar-refractivity contribution < 1.29 is 20.2 Å². The van der Waals surface area contributed by atoms with Crippen LogP contribution in [0.3, 0.4) is 0 Å². The van der Waals surface area contributed by atoms with E-state index >= 15 is 0 Å². The summed E-state index contributed by atoms with van der Waals surface area (Å²) >= 11 is 0. The Morgan fingerprint density at radius 3 is 2.74 bits per heavy atom. The molecule has 0 bridgehead atoms. The number of ether oxygens (including phenoxy) is 1. The lowest BCUT2D eigenvalue weighted by Gasteiger charge is -2.10. The minimum atomic E-state index is -1.25. The molecule has 10 heteroatoms. The molecule has 1 heterocycles. The van der Waals surface area contributed by atoms with Crippen LogP contribution in [0, 0.1) is 4.91 Å². The van der Waals surface area contributed by atoms with Gasteiger partial charge in [-0.3, -0.25) is 9.98 Å². The lowest BCUT2D eigenvalue weighted by atomic mass is 10.2. The largest absolute Gasteiger partial charge is 0.497 e. The van der Waals surface area contributed by atoms with Crippen molar-refractivity contribution in [2.24, 2.45) is 16.5 Å². The topological polar surface area (TPSA) is 159 Å². The summed E-state index contributed by atoms with van der Waals surface area (Å²) in [5.41, 5.74) is 12.4. The van der Waals surface area contributed by atoms with Gasteiger partial charge in [0.25, 0.3) is 0 Å². The maximum atomic E-state index is 8.47.